The van der Waals surface area contributed by atoms with Crippen LogP contribution in [0.4, 0.5) is 16.2 Å². The van der Waals surface area contributed by atoms with Crippen molar-refractivity contribution in [2.45, 2.75) is 26.9 Å². The minimum absolute atomic E-state index is 0.0347. The smallest absolute Gasteiger partial charge is 0.414 e. The van der Waals surface area contributed by atoms with Crippen molar-refractivity contribution in [1.29, 1.82) is 0 Å². The van der Waals surface area contributed by atoms with Crippen LogP contribution in [0.5, 0.6) is 0 Å². The SMILES string of the molecule is CCN(C(C)=O)c1ccc(N2CC(CNC(=O)c3ccc(C)s3)OC2=O)cc1. The summed E-state index contributed by atoms with van der Waals surface area (Å²) in [5.74, 6) is -0.201. The first-order valence-electron chi connectivity index (χ1n) is 9.10. The summed E-state index contributed by atoms with van der Waals surface area (Å²) in [6.45, 7) is 6.55. The highest BCUT2D eigenvalue weighted by Gasteiger charge is 2.32. The zero-order chi connectivity index (χ0) is 20.3. The molecule has 3 rings (SSSR count). The number of hydrogen-bond donors (Lipinski definition) is 1. The van der Waals surface area contributed by atoms with Gasteiger partial charge in [-0.15, -0.1) is 11.3 Å². The Morgan fingerprint density at radius 1 is 1.25 bits per heavy atom. The number of hydrogen-bond acceptors (Lipinski definition) is 5. The molecule has 148 valence electrons. The lowest BCUT2D eigenvalue weighted by atomic mass is 10.2. The highest BCUT2D eigenvalue weighted by Crippen LogP contribution is 2.25. The number of rotatable bonds is 6. The standard InChI is InChI=1S/C20H23N3O4S/c1-4-22(14(3)24)15-6-8-16(9-7-15)23-12-17(27-20(23)26)11-21-19(25)18-10-5-13(2)28-18/h5-10,17H,4,11-12H2,1-3H3,(H,21,25). The van der Waals surface area contributed by atoms with Crippen LogP contribution >= 0.6 is 11.3 Å². The van der Waals surface area contributed by atoms with Gasteiger partial charge in [-0.05, 0) is 50.2 Å². The Hall–Kier alpha value is -2.87. The summed E-state index contributed by atoms with van der Waals surface area (Å²) in [4.78, 5) is 40.9. The zero-order valence-corrected chi connectivity index (χ0v) is 16.9. The van der Waals surface area contributed by atoms with Gasteiger partial charge in [0.1, 0.15) is 6.10 Å². The number of nitrogens with zero attached hydrogens (tertiary/aromatic N) is 2. The Balaban J connectivity index is 1.59. The molecule has 2 aromatic rings. The predicted octanol–water partition coefficient (Wildman–Crippen LogP) is 3.18. The molecular weight excluding hydrogens is 378 g/mol. The van der Waals surface area contributed by atoms with Gasteiger partial charge in [-0.25, -0.2) is 4.79 Å². The number of aryl methyl sites for hydroxylation is 1. The van der Waals surface area contributed by atoms with Crippen LogP contribution in [0.1, 0.15) is 28.4 Å². The number of nitrogens with one attached hydrogen (secondary N) is 1. The number of anilines is 2. The molecule has 8 heteroatoms. The molecule has 3 amide bonds. The number of amides is 3. The average molecular weight is 401 g/mol. The average Bonchev–Trinajstić information content (AvgIpc) is 3.26. The molecule has 1 N–H and O–H groups in total. The first kappa shape index (κ1) is 19.9. The number of thiophene rings is 1. The zero-order valence-electron chi connectivity index (χ0n) is 16.1. The molecule has 0 saturated carbocycles. The maximum atomic E-state index is 12.2. The number of benzene rings is 1. The molecule has 1 fully saturated rings. The van der Waals surface area contributed by atoms with Gasteiger partial charge in [0, 0.05) is 29.7 Å². The van der Waals surface area contributed by atoms with Crippen LogP contribution < -0.4 is 15.1 Å². The summed E-state index contributed by atoms with van der Waals surface area (Å²) in [7, 11) is 0. The highest BCUT2D eigenvalue weighted by molar-refractivity contribution is 7.13. The van der Waals surface area contributed by atoms with Crippen LogP contribution in [0.2, 0.25) is 0 Å². The molecule has 1 aliphatic rings. The Kier molecular flexibility index (Phi) is 5.99. The summed E-state index contributed by atoms with van der Waals surface area (Å²) in [5.41, 5.74) is 1.47. The van der Waals surface area contributed by atoms with Crippen molar-refractivity contribution in [3.8, 4) is 0 Å². The lowest BCUT2D eigenvalue weighted by Crippen LogP contribution is -2.34. The van der Waals surface area contributed by atoms with Crippen LogP contribution in [-0.4, -0.2) is 43.6 Å². The second kappa shape index (κ2) is 8.43. The lowest BCUT2D eigenvalue weighted by Gasteiger charge is -2.20. The van der Waals surface area contributed by atoms with Gasteiger partial charge in [-0.2, -0.15) is 0 Å². The topological polar surface area (TPSA) is 79.0 Å². The molecule has 28 heavy (non-hydrogen) atoms. The lowest BCUT2D eigenvalue weighted by molar-refractivity contribution is -0.116. The van der Waals surface area contributed by atoms with Gasteiger partial charge in [0.15, 0.2) is 0 Å². The van der Waals surface area contributed by atoms with E-state index in [2.05, 4.69) is 5.32 Å². The van der Waals surface area contributed by atoms with Gasteiger partial charge in [-0.3, -0.25) is 14.5 Å². The van der Waals surface area contributed by atoms with E-state index in [1.807, 2.05) is 32.0 Å². The van der Waals surface area contributed by atoms with Crippen molar-refractivity contribution in [2.75, 3.05) is 29.4 Å². The van der Waals surface area contributed by atoms with Crippen molar-refractivity contribution in [3.05, 3.63) is 46.2 Å². The number of carbonyl (C=O) groups is 3. The fourth-order valence-electron chi connectivity index (χ4n) is 3.09. The summed E-state index contributed by atoms with van der Waals surface area (Å²) in [6.07, 6.45) is -0.862. The van der Waals surface area contributed by atoms with E-state index in [1.54, 1.807) is 23.1 Å². The summed E-state index contributed by atoms with van der Waals surface area (Å²) >= 11 is 1.43. The van der Waals surface area contributed by atoms with E-state index in [0.29, 0.717) is 23.7 Å². The van der Waals surface area contributed by atoms with Gasteiger partial charge < -0.3 is 15.0 Å². The van der Waals surface area contributed by atoms with Crippen molar-refractivity contribution in [2.24, 2.45) is 0 Å². The molecule has 1 unspecified atom stereocenters. The first-order chi connectivity index (χ1) is 13.4. The largest absolute Gasteiger partial charge is 0.442 e. The van der Waals surface area contributed by atoms with E-state index < -0.39 is 12.2 Å². The van der Waals surface area contributed by atoms with Gasteiger partial charge >= 0.3 is 6.09 Å². The normalized spacial score (nSPS) is 16.0. The van der Waals surface area contributed by atoms with Crippen LogP contribution in [0.15, 0.2) is 36.4 Å². The summed E-state index contributed by atoms with van der Waals surface area (Å²) in [5, 5.41) is 2.81. The third-order valence-electron chi connectivity index (χ3n) is 4.50. The number of carbonyl (C=O) groups excluding carboxylic acids is 3. The van der Waals surface area contributed by atoms with E-state index in [0.717, 1.165) is 10.6 Å². The monoisotopic (exact) mass is 401 g/mol. The maximum Gasteiger partial charge on any atom is 0.414 e. The number of ether oxygens (including phenoxy) is 1. The molecule has 1 atom stereocenters. The Morgan fingerprint density at radius 3 is 2.54 bits per heavy atom. The van der Waals surface area contributed by atoms with Crippen molar-refractivity contribution < 1.29 is 19.1 Å². The quantitative estimate of drug-likeness (QED) is 0.806. The highest BCUT2D eigenvalue weighted by atomic mass is 32.1. The van der Waals surface area contributed by atoms with Crippen LogP contribution in [0, 0.1) is 6.92 Å². The third-order valence-corrected chi connectivity index (χ3v) is 5.50. The van der Waals surface area contributed by atoms with Crippen molar-refractivity contribution in [3.63, 3.8) is 0 Å². The molecule has 0 radical (unpaired) electrons. The van der Waals surface area contributed by atoms with E-state index >= 15 is 0 Å². The van der Waals surface area contributed by atoms with Gasteiger partial charge in [0.25, 0.3) is 5.91 Å². The summed E-state index contributed by atoms with van der Waals surface area (Å²) < 4.78 is 5.37. The minimum Gasteiger partial charge on any atom is -0.442 e. The molecule has 7 nitrogen and oxygen atoms in total. The van der Waals surface area contributed by atoms with Crippen LogP contribution in [-0.2, 0) is 9.53 Å². The van der Waals surface area contributed by atoms with E-state index in [1.165, 1.54) is 23.2 Å². The third kappa shape index (κ3) is 4.33. The predicted molar refractivity (Wildman–Crippen MR) is 109 cm³/mol. The van der Waals surface area contributed by atoms with Crippen molar-refractivity contribution >= 4 is 40.6 Å². The molecule has 1 saturated heterocycles. The van der Waals surface area contributed by atoms with E-state index in [4.69, 9.17) is 4.74 Å². The second-order valence-corrected chi connectivity index (χ2v) is 7.80. The van der Waals surface area contributed by atoms with Gasteiger partial charge in [0.2, 0.25) is 5.91 Å². The van der Waals surface area contributed by atoms with Gasteiger partial charge in [0.05, 0.1) is 18.0 Å². The molecule has 0 spiro atoms. The molecule has 0 aliphatic carbocycles. The maximum absolute atomic E-state index is 12.2. The van der Waals surface area contributed by atoms with E-state index in [-0.39, 0.29) is 18.4 Å². The van der Waals surface area contributed by atoms with Gasteiger partial charge in [-0.1, -0.05) is 0 Å². The molecular formula is C20H23N3O4S. The Bertz CT molecular complexity index is 878. The molecule has 1 aromatic carbocycles. The fourth-order valence-corrected chi connectivity index (χ4v) is 3.87. The molecule has 0 bridgehead atoms. The Morgan fingerprint density at radius 2 is 1.96 bits per heavy atom. The van der Waals surface area contributed by atoms with Crippen LogP contribution in [0.25, 0.3) is 0 Å². The van der Waals surface area contributed by atoms with E-state index in [9.17, 15) is 14.4 Å². The first-order valence-corrected chi connectivity index (χ1v) is 9.91. The minimum atomic E-state index is -0.446. The van der Waals surface area contributed by atoms with Crippen molar-refractivity contribution in [1.82, 2.24) is 5.32 Å². The molecule has 1 aliphatic heterocycles. The number of cyclic esters (lactones) is 1. The second-order valence-electron chi connectivity index (χ2n) is 6.52. The van der Waals surface area contributed by atoms with Crippen LogP contribution in [0.3, 0.4) is 0 Å². The molecule has 1 aromatic heterocycles. The Labute approximate surface area is 167 Å². The summed E-state index contributed by atoms with van der Waals surface area (Å²) in [6, 6.07) is 10.9. The fraction of sp³-hybridized carbons (Fsp3) is 0.350. The molecule has 2 heterocycles.